The number of para-hydroxylation sites is 1. The molecule has 0 spiro atoms. The molecule has 7 heteroatoms. The fourth-order valence-electron chi connectivity index (χ4n) is 4.01. The van der Waals surface area contributed by atoms with Crippen LogP contribution >= 0.6 is 11.3 Å². The maximum Gasteiger partial charge on any atom is 0.255 e. The van der Waals surface area contributed by atoms with Crippen LogP contribution in [0.3, 0.4) is 0 Å². The van der Waals surface area contributed by atoms with E-state index in [0.717, 1.165) is 58.4 Å². The molecule has 1 aliphatic rings. The highest BCUT2D eigenvalue weighted by Crippen LogP contribution is 2.29. The summed E-state index contributed by atoms with van der Waals surface area (Å²) in [7, 11) is 0. The SMILES string of the molecule is CC(C)c1nc2c(c(=O)[nH]1)CN(Cc1cn(-c3ccccc3)nc1-c1cccs1)CC2. The van der Waals surface area contributed by atoms with Gasteiger partial charge < -0.3 is 4.98 Å². The predicted octanol–water partition coefficient (Wildman–Crippen LogP) is 4.37. The minimum Gasteiger partial charge on any atom is -0.310 e. The number of aromatic amines is 1. The summed E-state index contributed by atoms with van der Waals surface area (Å²) in [6.07, 6.45) is 2.91. The molecular weight excluding hydrogens is 406 g/mol. The summed E-state index contributed by atoms with van der Waals surface area (Å²) in [6, 6.07) is 14.3. The molecule has 0 saturated heterocycles. The molecular formula is C24H25N5OS. The van der Waals surface area contributed by atoms with Crippen LogP contribution in [-0.2, 0) is 19.5 Å². The van der Waals surface area contributed by atoms with Gasteiger partial charge >= 0.3 is 0 Å². The fourth-order valence-corrected chi connectivity index (χ4v) is 4.75. The number of benzene rings is 1. The minimum absolute atomic E-state index is 0.00291. The van der Waals surface area contributed by atoms with Crippen LogP contribution in [0, 0.1) is 0 Å². The van der Waals surface area contributed by atoms with Crippen molar-refractivity contribution in [2.75, 3.05) is 6.54 Å². The third-order valence-electron chi connectivity index (χ3n) is 5.67. The van der Waals surface area contributed by atoms with E-state index in [1.54, 1.807) is 11.3 Å². The van der Waals surface area contributed by atoms with Gasteiger partial charge in [0.15, 0.2) is 0 Å². The zero-order valence-electron chi connectivity index (χ0n) is 17.7. The lowest BCUT2D eigenvalue weighted by molar-refractivity contribution is 0.241. The van der Waals surface area contributed by atoms with Crippen molar-refractivity contribution in [1.29, 1.82) is 0 Å². The Hall–Kier alpha value is -3.03. The molecule has 6 nitrogen and oxygen atoms in total. The van der Waals surface area contributed by atoms with Gasteiger partial charge in [0, 0.05) is 43.7 Å². The van der Waals surface area contributed by atoms with Crippen molar-refractivity contribution in [1.82, 2.24) is 24.6 Å². The number of nitrogens with zero attached hydrogens (tertiary/aromatic N) is 4. The summed E-state index contributed by atoms with van der Waals surface area (Å²) in [5, 5.41) is 6.98. The van der Waals surface area contributed by atoms with E-state index in [1.807, 2.05) is 22.9 Å². The van der Waals surface area contributed by atoms with E-state index in [-0.39, 0.29) is 11.5 Å². The van der Waals surface area contributed by atoms with Gasteiger partial charge in [0.05, 0.1) is 21.8 Å². The van der Waals surface area contributed by atoms with E-state index in [0.29, 0.717) is 6.54 Å². The summed E-state index contributed by atoms with van der Waals surface area (Å²) in [5.41, 5.74) is 4.95. The first kappa shape index (κ1) is 19.9. The highest BCUT2D eigenvalue weighted by molar-refractivity contribution is 7.13. The van der Waals surface area contributed by atoms with Crippen molar-refractivity contribution in [3.8, 4) is 16.3 Å². The van der Waals surface area contributed by atoms with E-state index in [9.17, 15) is 4.79 Å². The second kappa shape index (κ2) is 8.24. The molecule has 0 fully saturated rings. The van der Waals surface area contributed by atoms with Gasteiger partial charge in [-0.1, -0.05) is 38.1 Å². The summed E-state index contributed by atoms with van der Waals surface area (Å²) < 4.78 is 1.95. The van der Waals surface area contributed by atoms with Gasteiger partial charge in [0.1, 0.15) is 11.5 Å². The van der Waals surface area contributed by atoms with Crippen molar-refractivity contribution in [3.63, 3.8) is 0 Å². The van der Waals surface area contributed by atoms with Gasteiger partial charge in [-0.15, -0.1) is 11.3 Å². The quantitative estimate of drug-likeness (QED) is 0.510. The largest absolute Gasteiger partial charge is 0.310 e. The van der Waals surface area contributed by atoms with Crippen molar-refractivity contribution in [2.45, 2.75) is 39.3 Å². The number of hydrogen-bond donors (Lipinski definition) is 1. The molecule has 0 bridgehead atoms. The summed E-state index contributed by atoms with van der Waals surface area (Å²) in [4.78, 5) is 23.9. The van der Waals surface area contributed by atoms with Crippen molar-refractivity contribution in [2.24, 2.45) is 0 Å². The monoisotopic (exact) mass is 431 g/mol. The first-order valence-electron chi connectivity index (χ1n) is 10.6. The lowest BCUT2D eigenvalue weighted by atomic mass is 10.0. The molecule has 5 rings (SSSR count). The zero-order chi connectivity index (χ0) is 21.4. The van der Waals surface area contributed by atoms with E-state index >= 15 is 0 Å². The third kappa shape index (κ3) is 3.98. The third-order valence-corrected chi connectivity index (χ3v) is 6.55. The van der Waals surface area contributed by atoms with Crippen LogP contribution in [-0.4, -0.2) is 31.2 Å². The lowest BCUT2D eigenvalue weighted by Gasteiger charge is -2.27. The Morgan fingerprint density at radius 1 is 1.16 bits per heavy atom. The predicted molar refractivity (Wildman–Crippen MR) is 124 cm³/mol. The van der Waals surface area contributed by atoms with Crippen LogP contribution in [0.5, 0.6) is 0 Å². The van der Waals surface area contributed by atoms with Gasteiger partial charge in [-0.3, -0.25) is 9.69 Å². The lowest BCUT2D eigenvalue weighted by Crippen LogP contribution is -2.36. The average Bonchev–Trinajstić information content (AvgIpc) is 3.44. The maximum absolute atomic E-state index is 12.7. The Morgan fingerprint density at radius 2 is 2.00 bits per heavy atom. The second-order valence-corrected chi connectivity index (χ2v) is 9.20. The van der Waals surface area contributed by atoms with Crippen molar-refractivity contribution < 1.29 is 0 Å². The first-order chi connectivity index (χ1) is 15.1. The molecule has 3 aromatic heterocycles. The van der Waals surface area contributed by atoms with Crippen molar-refractivity contribution >= 4 is 11.3 Å². The molecule has 158 valence electrons. The number of aromatic nitrogens is 4. The highest BCUT2D eigenvalue weighted by atomic mass is 32.1. The molecule has 31 heavy (non-hydrogen) atoms. The number of rotatable bonds is 5. The van der Waals surface area contributed by atoms with Crippen LogP contribution in [0.25, 0.3) is 16.3 Å². The van der Waals surface area contributed by atoms with Crippen LogP contribution in [0.2, 0.25) is 0 Å². The van der Waals surface area contributed by atoms with E-state index in [4.69, 9.17) is 10.1 Å². The molecule has 1 aliphatic heterocycles. The van der Waals surface area contributed by atoms with Crippen molar-refractivity contribution in [3.05, 3.63) is 87.0 Å². The average molecular weight is 432 g/mol. The molecule has 0 amide bonds. The maximum atomic E-state index is 12.7. The van der Waals surface area contributed by atoms with E-state index in [2.05, 4.69) is 59.6 Å². The van der Waals surface area contributed by atoms with Gasteiger partial charge in [0.2, 0.25) is 0 Å². The Balaban J connectivity index is 1.45. The number of nitrogens with one attached hydrogen (secondary N) is 1. The van der Waals surface area contributed by atoms with Gasteiger partial charge in [-0.05, 0) is 23.6 Å². The summed E-state index contributed by atoms with van der Waals surface area (Å²) in [5.74, 6) is 0.995. The zero-order valence-corrected chi connectivity index (χ0v) is 18.5. The standard InChI is InChI=1S/C24H25N5OS/c1-16(2)23-25-20-10-11-28(15-19(20)24(30)26-23)13-17-14-29(18-7-4-3-5-8-18)27-22(17)21-9-6-12-31-21/h3-9,12,14,16H,10-11,13,15H2,1-2H3,(H,25,26,30). The molecule has 0 radical (unpaired) electrons. The highest BCUT2D eigenvalue weighted by Gasteiger charge is 2.24. The van der Waals surface area contributed by atoms with Crippen LogP contribution in [0.1, 0.15) is 42.4 Å². The fraction of sp³-hybridized carbons (Fsp3) is 0.292. The normalized spacial score (nSPS) is 14.2. The van der Waals surface area contributed by atoms with Crippen LogP contribution in [0.15, 0.2) is 58.8 Å². The summed E-state index contributed by atoms with van der Waals surface area (Å²) >= 11 is 1.70. The van der Waals surface area contributed by atoms with Crippen LogP contribution < -0.4 is 5.56 Å². The second-order valence-electron chi connectivity index (χ2n) is 8.25. The number of thiophene rings is 1. The Kier molecular flexibility index (Phi) is 5.29. The Bertz CT molecular complexity index is 1240. The molecule has 4 heterocycles. The molecule has 0 atom stereocenters. The number of fused-ring (bicyclic) bond motifs is 1. The first-order valence-corrected chi connectivity index (χ1v) is 11.5. The molecule has 1 N–H and O–H groups in total. The molecule has 1 aromatic carbocycles. The van der Waals surface area contributed by atoms with Gasteiger partial charge in [0.25, 0.3) is 5.56 Å². The Morgan fingerprint density at radius 3 is 2.74 bits per heavy atom. The molecule has 0 saturated carbocycles. The minimum atomic E-state index is -0.00291. The number of hydrogen-bond acceptors (Lipinski definition) is 5. The topological polar surface area (TPSA) is 66.8 Å². The molecule has 4 aromatic rings. The molecule has 0 aliphatic carbocycles. The van der Waals surface area contributed by atoms with Crippen LogP contribution in [0.4, 0.5) is 0 Å². The Labute approximate surface area is 185 Å². The molecule has 0 unspecified atom stereocenters. The van der Waals surface area contributed by atoms with Gasteiger partial charge in [-0.25, -0.2) is 9.67 Å². The van der Waals surface area contributed by atoms with Gasteiger partial charge in [-0.2, -0.15) is 5.10 Å². The summed E-state index contributed by atoms with van der Waals surface area (Å²) in [6.45, 7) is 6.33. The number of H-pyrrole nitrogens is 1. The van der Waals surface area contributed by atoms with E-state index < -0.39 is 0 Å². The smallest absolute Gasteiger partial charge is 0.255 e. The van der Waals surface area contributed by atoms with E-state index in [1.165, 1.54) is 0 Å².